The molecule has 2 saturated carbocycles. The quantitative estimate of drug-likeness (QED) is 0.614. The summed E-state index contributed by atoms with van der Waals surface area (Å²) in [5.41, 5.74) is 3.97. The maximum atomic E-state index is 11.7. The first-order valence-electron chi connectivity index (χ1n) is 10.4. The van der Waals surface area contributed by atoms with Gasteiger partial charge < -0.3 is 9.47 Å². The highest BCUT2D eigenvalue weighted by atomic mass is 16.7. The predicted molar refractivity (Wildman–Crippen MR) is 97.0 cm³/mol. The summed E-state index contributed by atoms with van der Waals surface area (Å²) >= 11 is 0. The number of esters is 1. The van der Waals surface area contributed by atoms with E-state index >= 15 is 0 Å². The number of ether oxygens (including phenoxy) is 2. The highest BCUT2D eigenvalue weighted by molar-refractivity contribution is 5.74. The van der Waals surface area contributed by atoms with Gasteiger partial charge in [0.25, 0.3) is 0 Å². The first-order valence-corrected chi connectivity index (χ1v) is 10.4. The van der Waals surface area contributed by atoms with E-state index in [1.165, 1.54) is 57.2 Å². The lowest BCUT2D eigenvalue weighted by Crippen LogP contribution is -2.79. The van der Waals surface area contributed by atoms with Crippen molar-refractivity contribution in [3.8, 4) is 5.75 Å². The average molecular weight is 353 g/mol. The number of nitrogens with zero attached hydrogens (tertiary/aromatic N) is 1. The molecule has 0 radical (unpaired) electrons. The smallest absolute Gasteiger partial charge is 0.311 e. The molecule has 5 aliphatic rings. The third-order valence-corrected chi connectivity index (χ3v) is 8.17. The zero-order valence-corrected chi connectivity index (χ0v) is 15.3. The zero-order chi connectivity index (χ0) is 17.4. The summed E-state index contributed by atoms with van der Waals surface area (Å²) in [7, 11) is 0. The monoisotopic (exact) mass is 353 g/mol. The lowest BCUT2D eigenvalue weighted by atomic mass is 9.40. The Morgan fingerprint density at radius 1 is 1.19 bits per heavy atom. The zero-order valence-electron chi connectivity index (χ0n) is 15.3. The molecule has 1 aromatic rings. The van der Waals surface area contributed by atoms with E-state index in [1.807, 2.05) is 0 Å². The number of carbonyl (C=O) groups excluding carboxylic acids is 1. The number of rotatable bonds is 4. The third kappa shape index (κ3) is 1.91. The first-order chi connectivity index (χ1) is 12.7. The van der Waals surface area contributed by atoms with Crippen molar-refractivity contribution in [2.24, 2.45) is 11.3 Å². The Kier molecular flexibility index (Phi) is 3.13. The van der Waals surface area contributed by atoms with Gasteiger partial charge in [-0.25, -0.2) is 0 Å². The molecule has 4 heteroatoms. The van der Waals surface area contributed by atoms with E-state index in [2.05, 4.69) is 23.1 Å². The van der Waals surface area contributed by atoms with Crippen molar-refractivity contribution in [2.45, 2.75) is 62.8 Å². The van der Waals surface area contributed by atoms with E-state index < -0.39 is 0 Å². The van der Waals surface area contributed by atoms with Gasteiger partial charge in [-0.2, -0.15) is 0 Å². The molecule has 2 heterocycles. The number of fused-ring (bicyclic) bond motifs is 3. The van der Waals surface area contributed by atoms with Crippen molar-refractivity contribution in [1.82, 2.24) is 4.90 Å². The summed E-state index contributed by atoms with van der Waals surface area (Å²) in [6.45, 7) is 2.61. The number of benzene rings is 1. The van der Waals surface area contributed by atoms with Gasteiger partial charge in [0, 0.05) is 23.4 Å². The fraction of sp³-hybridized carbons (Fsp3) is 0.682. The molecule has 4 atom stereocenters. The summed E-state index contributed by atoms with van der Waals surface area (Å²) in [6, 6.07) is 7.40. The minimum atomic E-state index is -0.0996. The van der Waals surface area contributed by atoms with Gasteiger partial charge in [0.2, 0.25) is 6.79 Å². The lowest BCUT2D eigenvalue weighted by molar-refractivity contribution is -0.198. The molecule has 1 spiro atoms. The van der Waals surface area contributed by atoms with Gasteiger partial charge in [0.15, 0.2) is 0 Å². The second kappa shape index (κ2) is 5.25. The molecule has 2 aliphatic heterocycles. The van der Waals surface area contributed by atoms with Gasteiger partial charge in [-0.1, -0.05) is 18.9 Å². The summed E-state index contributed by atoms with van der Waals surface area (Å²) in [4.78, 5) is 14.4. The molecule has 2 saturated heterocycles. The number of hydrogen-bond acceptors (Lipinski definition) is 4. The van der Waals surface area contributed by atoms with Gasteiger partial charge in [-0.15, -0.1) is 0 Å². The van der Waals surface area contributed by atoms with Crippen LogP contribution >= 0.6 is 0 Å². The maximum absolute atomic E-state index is 11.7. The highest BCUT2D eigenvalue weighted by Crippen LogP contribution is 2.68. The predicted octanol–water partition coefficient (Wildman–Crippen LogP) is 3.42. The minimum Gasteiger partial charge on any atom is -0.457 e. The van der Waals surface area contributed by atoms with E-state index in [1.54, 1.807) is 5.56 Å². The molecule has 26 heavy (non-hydrogen) atoms. The van der Waals surface area contributed by atoms with Gasteiger partial charge in [-0.05, 0) is 68.3 Å². The Hall–Kier alpha value is -1.55. The van der Waals surface area contributed by atoms with Gasteiger partial charge in [-0.3, -0.25) is 9.69 Å². The standard InChI is InChI=1S/C22H27NO3/c24-20(15-3-4-15)26-14-25-17-6-5-16-11-19-22-8-2-1-7-21(22,18(16)12-17)9-10-23(19)13-22/h5-6,12,15,19H,1-4,7-11,13-14H2/t19-,21+,22-/m0/s1. The summed E-state index contributed by atoms with van der Waals surface area (Å²) in [5, 5.41) is 0. The van der Waals surface area contributed by atoms with E-state index in [4.69, 9.17) is 9.47 Å². The molecular formula is C22H27NO3. The summed E-state index contributed by atoms with van der Waals surface area (Å²) in [5.74, 6) is 0.893. The average Bonchev–Trinajstić information content (AvgIpc) is 3.50. The molecule has 1 unspecified atom stereocenters. The van der Waals surface area contributed by atoms with E-state index in [-0.39, 0.29) is 18.7 Å². The van der Waals surface area contributed by atoms with Crippen LogP contribution in [0.15, 0.2) is 18.2 Å². The van der Waals surface area contributed by atoms with Crippen LogP contribution in [0.5, 0.6) is 5.75 Å². The number of carbonyl (C=O) groups is 1. The fourth-order valence-electron chi connectivity index (χ4n) is 6.76. The number of piperidine rings is 2. The van der Waals surface area contributed by atoms with Crippen LogP contribution in [0.4, 0.5) is 0 Å². The van der Waals surface area contributed by atoms with Crippen molar-refractivity contribution in [1.29, 1.82) is 0 Å². The summed E-state index contributed by atoms with van der Waals surface area (Å²) < 4.78 is 11.1. The first kappa shape index (κ1) is 15.5. The molecule has 1 aromatic carbocycles. The van der Waals surface area contributed by atoms with Crippen molar-refractivity contribution in [3.05, 3.63) is 29.3 Å². The van der Waals surface area contributed by atoms with Crippen LogP contribution in [-0.2, 0) is 21.4 Å². The van der Waals surface area contributed by atoms with Crippen LogP contribution in [0.3, 0.4) is 0 Å². The van der Waals surface area contributed by atoms with Crippen molar-refractivity contribution < 1.29 is 14.3 Å². The molecule has 0 N–H and O–H groups in total. The largest absolute Gasteiger partial charge is 0.457 e. The summed E-state index contributed by atoms with van der Waals surface area (Å²) in [6.07, 6.45) is 9.94. The molecule has 4 fully saturated rings. The topological polar surface area (TPSA) is 38.8 Å². The fourth-order valence-corrected chi connectivity index (χ4v) is 6.76. The normalized spacial score (nSPS) is 39.2. The maximum Gasteiger partial charge on any atom is 0.311 e. The van der Waals surface area contributed by atoms with Crippen molar-refractivity contribution >= 4 is 5.97 Å². The molecule has 0 amide bonds. The molecule has 6 rings (SSSR count). The molecule has 2 bridgehead atoms. The lowest BCUT2D eigenvalue weighted by Gasteiger charge is -2.74. The van der Waals surface area contributed by atoms with Crippen molar-refractivity contribution in [3.63, 3.8) is 0 Å². The van der Waals surface area contributed by atoms with Crippen LogP contribution in [0.1, 0.15) is 56.1 Å². The van der Waals surface area contributed by atoms with Crippen LogP contribution in [0, 0.1) is 11.3 Å². The Morgan fingerprint density at radius 3 is 2.96 bits per heavy atom. The molecule has 0 aromatic heterocycles. The Morgan fingerprint density at radius 2 is 2.08 bits per heavy atom. The van der Waals surface area contributed by atoms with Gasteiger partial charge in [0.1, 0.15) is 5.75 Å². The van der Waals surface area contributed by atoms with Crippen LogP contribution in [-0.4, -0.2) is 36.8 Å². The highest BCUT2D eigenvalue weighted by Gasteiger charge is 2.69. The SMILES string of the molecule is O=C(OCOc1ccc2c(c1)[C@]13CCCC[C@@]14CN(CC3)[C@H]4C2)C1CC1. The van der Waals surface area contributed by atoms with Gasteiger partial charge in [0.05, 0.1) is 5.92 Å². The Bertz CT molecular complexity index is 765. The second-order valence-corrected chi connectivity index (χ2v) is 9.20. The molecule has 138 valence electrons. The Labute approximate surface area is 154 Å². The van der Waals surface area contributed by atoms with E-state index in [9.17, 15) is 4.79 Å². The Balaban J connectivity index is 1.29. The molecule has 3 aliphatic carbocycles. The van der Waals surface area contributed by atoms with Gasteiger partial charge >= 0.3 is 5.97 Å². The van der Waals surface area contributed by atoms with Crippen LogP contribution < -0.4 is 4.74 Å². The second-order valence-electron chi connectivity index (χ2n) is 9.20. The van der Waals surface area contributed by atoms with Crippen molar-refractivity contribution in [2.75, 3.05) is 19.9 Å². The van der Waals surface area contributed by atoms with E-state index in [0.29, 0.717) is 10.8 Å². The molecular weight excluding hydrogens is 326 g/mol. The van der Waals surface area contributed by atoms with Crippen LogP contribution in [0.25, 0.3) is 0 Å². The minimum absolute atomic E-state index is 0.0443. The third-order valence-electron chi connectivity index (χ3n) is 8.17. The molecule has 4 nitrogen and oxygen atoms in total. The van der Waals surface area contributed by atoms with E-state index in [0.717, 1.165) is 24.6 Å². The van der Waals surface area contributed by atoms with Crippen LogP contribution in [0.2, 0.25) is 0 Å². The number of hydrogen-bond donors (Lipinski definition) is 0.